The van der Waals surface area contributed by atoms with Gasteiger partial charge >= 0.3 is 0 Å². The van der Waals surface area contributed by atoms with Gasteiger partial charge < -0.3 is 15.0 Å². The third-order valence-electron chi connectivity index (χ3n) is 5.54. The van der Waals surface area contributed by atoms with Crippen molar-refractivity contribution < 1.29 is 14.3 Å². The summed E-state index contributed by atoms with van der Waals surface area (Å²) in [5, 5.41) is 2.98. The predicted octanol–water partition coefficient (Wildman–Crippen LogP) is 3.39. The van der Waals surface area contributed by atoms with Crippen LogP contribution < -0.4 is 10.1 Å². The first-order valence-electron chi connectivity index (χ1n) is 10.5. The maximum Gasteiger partial charge on any atom is 0.241 e. The van der Waals surface area contributed by atoms with Crippen LogP contribution in [0.25, 0.3) is 0 Å². The fourth-order valence-electron chi connectivity index (χ4n) is 3.71. The van der Waals surface area contributed by atoms with Crippen molar-refractivity contribution in [1.29, 1.82) is 0 Å². The highest BCUT2D eigenvalue weighted by molar-refractivity contribution is 5.94. The topological polar surface area (TPSA) is 61.9 Å². The van der Waals surface area contributed by atoms with E-state index in [0.29, 0.717) is 13.2 Å². The molecule has 0 aliphatic carbocycles. The van der Waals surface area contributed by atoms with Gasteiger partial charge in [0.1, 0.15) is 12.4 Å². The van der Waals surface area contributed by atoms with Gasteiger partial charge in [-0.3, -0.25) is 14.5 Å². The second kappa shape index (κ2) is 10.3. The zero-order valence-corrected chi connectivity index (χ0v) is 18.0. The van der Waals surface area contributed by atoms with Crippen LogP contribution in [-0.2, 0) is 16.2 Å². The molecular formula is C24H31N3O3. The van der Waals surface area contributed by atoms with Gasteiger partial charge in [0.15, 0.2) is 0 Å². The molecule has 1 fully saturated rings. The van der Waals surface area contributed by atoms with Crippen LogP contribution in [0.2, 0.25) is 0 Å². The van der Waals surface area contributed by atoms with Crippen molar-refractivity contribution in [1.82, 2.24) is 9.80 Å². The lowest BCUT2D eigenvalue weighted by Crippen LogP contribution is -2.49. The number of hydrogen-bond donors (Lipinski definition) is 1. The van der Waals surface area contributed by atoms with Gasteiger partial charge in [-0.15, -0.1) is 0 Å². The summed E-state index contributed by atoms with van der Waals surface area (Å²) >= 11 is 0. The number of anilines is 1. The van der Waals surface area contributed by atoms with Crippen LogP contribution in [0.5, 0.6) is 5.75 Å². The molecule has 0 saturated carbocycles. The average molecular weight is 410 g/mol. The first-order chi connectivity index (χ1) is 14.4. The number of hydrogen-bond acceptors (Lipinski definition) is 4. The molecule has 0 unspecified atom stereocenters. The van der Waals surface area contributed by atoms with Crippen molar-refractivity contribution >= 4 is 17.5 Å². The van der Waals surface area contributed by atoms with Crippen LogP contribution >= 0.6 is 0 Å². The summed E-state index contributed by atoms with van der Waals surface area (Å²) in [7, 11) is 3.56. The van der Waals surface area contributed by atoms with Gasteiger partial charge in [-0.1, -0.05) is 30.3 Å². The number of piperidine rings is 1. The Kier molecular flexibility index (Phi) is 7.46. The second-order valence-corrected chi connectivity index (χ2v) is 8.03. The molecule has 0 radical (unpaired) electrons. The summed E-state index contributed by atoms with van der Waals surface area (Å²) in [6.07, 6.45) is 1.81. The van der Waals surface area contributed by atoms with Crippen molar-refractivity contribution in [3.8, 4) is 5.75 Å². The first-order valence-corrected chi connectivity index (χ1v) is 10.5. The largest absolute Gasteiger partial charge is 0.489 e. The standard InChI is InChI=1S/C24H31N3O3/c1-18(27-15-7-10-20(16-27)24(29)26(2)3)23(28)25-21-11-13-22(14-12-21)30-17-19-8-5-4-6-9-19/h4-6,8-9,11-14,18,20H,7,10,15-17H2,1-3H3,(H,25,28)/t18-,20-/m1/s1. The summed E-state index contributed by atoms with van der Waals surface area (Å²) < 4.78 is 5.79. The number of rotatable bonds is 7. The van der Waals surface area contributed by atoms with Gasteiger partial charge in [0, 0.05) is 26.3 Å². The molecule has 160 valence electrons. The Morgan fingerprint density at radius 3 is 2.50 bits per heavy atom. The molecule has 6 nitrogen and oxygen atoms in total. The maximum absolute atomic E-state index is 12.7. The van der Waals surface area contributed by atoms with Crippen LogP contribution in [0, 0.1) is 5.92 Å². The first kappa shape index (κ1) is 21.8. The summed E-state index contributed by atoms with van der Waals surface area (Å²) in [5.74, 6) is 0.792. The number of carbonyl (C=O) groups excluding carboxylic acids is 2. The molecule has 1 N–H and O–H groups in total. The van der Waals surface area contributed by atoms with Crippen molar-refractivity contribution in [2.24, 2.45) is 5.92 Å². The van der Waals surface area contributed by atoms with Crippen LogP contribution in [-0.4, -0.2) is 54.8 Å². The molecule has 0 spiro atoms. The van der Waals surface area contributed by atoms with Gasteiger partial charge in [0.25, 0.3) is 0 Å². The highest BCUT2D eigenvalue weighted by atomic mass is 16.5. The monoisotopic (exact) mass is 409 g/mol. The fraction of sp³-hybridized carbons (Fsp3) is 0.417. The van der Waals surface area contributed by atoms with Crippen LogP contribution in [0.4, 0.5) is 5.69 Å². The highest BCUT2D eigenvalue weighted by Gasteiger charge is 2.31. The Labute approximate surface area is 178 Å². The number of nitrogens with one attached hydrogen (secondary N) is 1. The smallest absolute Gasteiger partial charge is 0.241 e. The molecule has 2 aromatic carbocycles. The SMILES string of the molecule is C[C@H](C(=O)Nc1ccc(OCc2ccccc2)cc1)N1CCC[C@@H](C(=O)N(C)C)C1. The number of amides is 2. The zero-order valence-electron chi connectivity index (χ0n) is 18.0. The van der Waals surface area contributed by atoms with Crippen molar-refractivity contribution in [2.75, 3.05) is 32.5 Å². The lowest BCUT2D eigenvalue weighted by Gasteiger charge is -2.36. The molecule has 2 amide bonds. The van der Waals surface area contributed by atoms with E-state index in [-0.39, 0.29) is 23.8 Å². The zero-order chi connectivity index (χ0) is 21.5. The van der Waals surface area contributed by atoms with Gasteiger partial charge in [-0.2, -0.15) is 0 Å². The number of nitrogens with zero attached hydrogens (tertiary/aromatic N) is 2. The van der Waals surface area contributed by atoms with E-state index in [1.54, 1.807) is 19.0 Å². The number of benzene rings is 2. The Bertz CT molecular complexity index is 837. The maximum atomic E-state index is 12.7. The molecule has 6 heteroatoms. The van der Waals surface area contributed by atoms with E-state index >= 15 is 0 Å². The van der Waals surface area contributed by atoms with Gasteiger partial charge in [0.05, 0.1) is 12.0 Å². The molecule has 0 bridgehead atoms. The molecule has 2 aromatic rings. The minimum atomic E-state index is -0.295. The van der Waals surface area contributed by atoms with E-state index in [2.05, 4.69) is 10.2 Å². The van der Waals surface area contributed by atoms with Gasteiger partial charge in [0.2, 0.25) is 11.8 Å². The highest BCUT2D eigenvalue weighted by Crippen LogP contribution is 2.22. The Hall–Kier alpha value is -2.86. The molecule has 2 atom stereocenters. The lowest BCUT2D eigenvalue weighted by atomic mass is 9.95. The third kappa shape index (κ3) is 5.83. The molecule has 30 heavy (non-hydrogen) atoms. The second-order valence-electron chi connectivity index (χ2n) is 8.03. The summed E-state index contributed by atoms with van der Waals surface area (Å²) in [6.45, 7) is 3.86. The average Bonchev–Trinajstić information content (AvgIpc) is 2.78. The lowest BCUT2D eigenvalue weighted by molar-refractivity contribution is -0.136. The van der Waals surface area contributed by atoms with Crippen molar-refractivity contribution in [2.45, 2.75) is 32.4 Å². The van der Waals surface area contributed by atoms with Crippen LogP contribution in [0.1, 0.15) is 25.3 Å². The molecule has 0 aromatic heterocycles. The molecular weight excluding hydrogens is 378 g/mol. The van der Waals surface area contributed by atoms with Crippen LogP contribution in [0.15, 0.2) is 54.6 Å². The predicted molar refractivity (Wildman–Crippen MR) is 118 cm³/mol. The summed E-state index contributed by atoms with van der Waals surface area (Å²) in [4.78, 5) is 28.8. The van der Waals surface area contributed by atoms with E-state index in [1.165, 1.54) is 0 Å². The van der Waals surface area contributed by atoms with Crippen LogP contribution in [0.3, 0.4) is 0 Å². The Balaban J connectivity index is 1.51. The molecule has 1 heterocycles. The van der Waals surface area contributed by atoms with Crippen molar-refractivity contribution in [3.05, 3.63) is 60.2 Å². The normalized spacial score (nSPS) is 17.8. The van der Waals surface area contributed by atoms with E-state index < -0.39 is 0 Å². The molecule has 1 aliphatic heterocycles. The minimum absolute atomic E-state index is 0.0370. The summed E-state index contributed by atoms with van der Waals surface area (Å²) in [6, 6.07) is 17.1. The van der Waals surface area contributed by atoms with E-state index in [9.17, 15) is 9.59 Å². The molecule has 1 saturated heterocycles. The molecule has 3 rings (SSSR count). The Morgan fingerprint density at radius 2 is 1.83 bits per heavy atom. The quantitative estimate of drug-likeness (QED) is 0.761. The number of likely N-dealkylation sites (tertiary alicyclic amines) is 1. The van der Waals surface area contributed by atoms with Gasteiger partial charge in [-0.25, -0.2) is 0 Å². The fourth-order valence-corrected chi connectivity index (χ4v) is 3.71. The van der Waals surface area contributed by atoms with E-state index in [4.69, 9.17) is 4.74 Å². The van der Waals surface area contributed by atoms with E-state index in [0.717, 1.165) is 36.4 Å². The minimum Gasteiger partial charge on any atom is -0.489 e. The summed E-state index contributed by atoms with van der Waals surface area (Å²) in [5.41, 5.74) is 1.84. The number of ether oxygens (including phenoxy) is 1. The van der Waals surface area contributed by atoms with Crippen molar-refractivity contribution in [3.63, 3.8) is 0 Å². The third-order valence-corrected chi connectivity index (χ3v) is 5.54. The Morgan fingerprint density at radius 1 is 1.13 bits per heavy atom. The number of carbonyl (C=O) groups is 2. The van der Waals surface area contributed by atoms with E-state index in [1.807, 2.05) is 61.5 Å². The molecule has 1 aliphatic rings. The van der Waals surface area contributed by atoms with Gasteiger partial charge in [-0.05, 0) is 56.1 Å².